The maximum atomic E-state index is 12.6. The van der Waals surface area contributed by atoms with E-state index in [9.17, 15) is 14.7 Å². The van der Waals surface area contributed by atoms with Gasteiger partial charge in [-0.2, -0.15) is 0 Å². The molecule has 0 spiro atoms. The van der Waals surface area contributed by atoms with Gasteiger partial charge >= 0.3 is 6.09 Å². The van der Waals surface area contributed by atoms with Gasteiger partial charge in [-0.1, -0.05) is 20.3 Å². The van der Waals surface area contributed by atoms with Gasteiger partial charge in [-0.3, -0.25) is 4.79 Å². The Balaban J connectivity index is 2.45. The number of aliphatic hydroxyl groups excluding tert-OH is 1. The van der Waals surface area contributed by atoms with Crippen LogP contribution in [0.4, 0.5) is 4.79 Å². The van der Waals surface area contributed by atoms with Crippen LogP contribution in [0.1, 0.15) is 67.2 Å². The molecule has 7 nitrogen and oxygen atoms in total. The highest BCUT2D eigenvalue weighted by Crippen LogP contribution is 2.19. The monoisotopic (exact) mass is 399 g/mol. The fraction of sp³-hybridized carbons (Fsp3) is 0.905. The molecule has 164 valence electrons. The molecule has 0 saturated carbocycles. The van der Waals surface area contributed by atoms with Gasteiger partial charge in [0.15, 0.2) is 0 Å². The van der Waals surface area contributed by atoms with Crippen molar-refractivity contribution in [3.63, 3.8) is 0 Å². The Morgan fingerprint density at radius 2 is 1.71 bits per heavy atom. The number of ether oxygens (including phenoxy) is 1. The third-order valence-corrected chi connectivity index (χ3v) is 5.13. The first-order valence-corrected chi connectivity index (χ1v) is 10.7. The van der Waals surface area contributed by atoms with Gasteiger partial charge in [-0.25, -0.2) is 4.79 Å². The van der Waals surface area contributed by atoms with Crippen molar-refractivity contribution < 1.29 is 19.4 Å². The van der Waals surface area contributed by atoms with Crippen molar-refractivity contribution in [2.75, 3.05) is 26.2 Å². The van der Waals surface area contributed by atoms with Gasteiger partial charge in [-0.05, 0) is 66.0 Å². The van der Waals surface area contributed by atoms with E-state index in [4.69, 9.17) is 4.74 Å². The van der Waals surface area contributed by atoms with E-state index < -0.39 is 23.8 Å². The standard InChI is InChI=1S/C21H41N3O4/c1-15(2)17(19(26)22-10-13-24-11-8-7-9-12-24)14-18(25)16(3)23-20(27)28-21(4,5)6/h15-18,25H,7-14H2,1-6H3,(H,22,26)(H,23,27)/t16-,17-,18-/m0/s1. The summed E-state index contributed by atoms with van der Waals surface area (Å²) in [6.45, 7) is 14.8. The van der Waals surface area contributed by atoms with Gasteiger partial charge in [0, 0.05) is 19.0 Å². The summed E-state index contributed by atoms with van der Waals surface area (Å²) in [7, 11) is 0. The minimum Gasteiger partial charge on any atom is -0.444 e. The van der Waals surface area contributed by atoms with E-state index in [-0.39, 0.29) is 17.7 Å². The first-order chi connectivity index (χ1) is 13.0. The molecule has 3 atom stereocenters. The fourth-order valence-corrected chi connectivity index (χ4v) is 3.39. The summed E-state index contributed by atoms with van der Waals surface area (Å²) in [5, 5.41) is 16.2. The van der Waals surface area contributed by atoms with Crippen molar-refractivity contribution in [2.24, 2.45) is 11.8 Å². The second-order valence-electron chi connectivity index (χ2n) is 9.28. The minimum atomic E-state index is -0.826. The Hall–Kier alpha value is -1.34. The lowest BCUT2D eigenvalue weighted by Gasteiger charge is -2.29. The molecule has 1 heterocycles. The number of nitrogens with one attached hydrogen (secondary N) is 2. The van der Waals surface area contributed by atoms with Crippen LogP contribution in [0.5, 0.6) is 0 Å². The van der Waals surface area contributed by atoms with Gasteiger partial charge in [0.25, 0.3) is 0 Å². The van der Waals surface area contributed by atoms with Crippen LogP contribution in [0, 0.1) is 11.8 Å². The average Bonchev–Trinajstić information content (AvgIpc) is 2.58. The lowest BCUT2D eigenvalue weighted by Crippen LogP contribution is -2.46. The number of alkyl carbamates (subject to hydrolysis) is 1. The number of aliphatic hydroxyl groups is 1. The molecule has 0 aliphatic carbocycles. The summed E-state index contributed by atoms with van der Waals surface area (Å²) >= 11 is 0. The van der Waals surface area contributed by atoms with E-state index in [1.54, 1.807) is 27.7 Å². The molecular formula is C21H41N3O4. The largest absolute Gasteiger partial charge is 0.444 e. The summed E-state index contributed by atoms with van der Waals surface area (Å²) < 4.78 is 5.22. The van der Waals surface area contributed by atoms with Gasteiger partial charge in [0.05, 0.1) is 12.1 Å². The third kappa shape index (κ3) is 9.73. The molecule has 0 aromatic heterocycles. The normalized spacial score (nSPS) is 19.0. The Bertz CT molecular complexity index is 485. The van der Waals surface area contributed by atoms with E-state index in [0.29, 0.717) is 13.0 Å². The zero-order chi connectivity index (χ0) is 21.3. The van der Waals surface area contributed by atoms with Crippen LogP contribution in [0.3, 0.4) is 0 Å². The second kappa shape index (κ2) is 11.6. The van der Waals surface area contributed by atoms with Gasteiger partial charge in [0.2, 0.25) is 5.91 Å². The van der Waals surface area contributed by atoms with Crippen LogP contribution in [0.2, 0.25) is 0 Å². The lowest BCUT2D eigenvalue weighted by molar-refractivity contribution is -0.127. The number of piperidine rings is 1. The van der Waals surface area contributed by atoms with Gasteiger partial charge in [0.1, 0.15) is 5.60 Å². The molecular weight excluding hydrogens is 358 g/mol. The van der Waals surface area contributed by atoms with Crippen LogP contribution in [-0.2, 0) is 9.53 Å². The summed E-state index contributed by atoms with van der Waals surface area (Å²) in [5.41, 5.74) is -0.594. The summed E-state index contributed by atoms with van der Waals surface area (Å²) in [5.74, 6) is -0.242. The number of likely N-dealkylation sites (tertiary alicyclic amines) is 1. The first-order valence-electron chi connectivity index (χ1n) is 10.7. The minimum absolute atomic E-state index is 0.0319. The molecule has 2 amide bonds. The number of rotatable bonds is 9. The van der Waals surface area contributed by atoms with Crippen molar-refractivity contribution in [3.05, 3.63) is 0 Å². The molecule has 1 saturated heterocycles. The second-order valence-corrected chi connectivity index (χ2v) is 9.28. The number of hydrogen-bond donors (Lipinski definition) is 3. The first kappa shape index (κ1) is 24.7. The zero-order valence-electron chi connectivity index (χ0n) is 18.6. The lowest BCUT2D eigenvalue weighted by atomic mass is 9.87. The van der Waals surface area contributed by atoms with E-state index >= 15 is 0 Å². The molecule has 0 unspecified atom stereocenters. The van der Waals surface area contributed by atoms with Crippen LogP contribution in [0.15, 0.2) is 0 Å². The zero-order valence-corrected chi connectivity index (χ0v) is 18.6. The molecule has 1 fully saturated rings. The summed E-state index contributed by atoms with van der Waals surface area (Å²) in [4.78, 5) is 26.9. The quantitative estimate of drug-likeness (QED) is 0.554. The van der Waals surface area contributed by atoms with Crippen molar-refractivity contribution in [1.29, 1.82) is 0 Å². The SMILES string of the molecule is CC(C)[C@H](C[C@H](O)[C@H](C)NC(=O)OC(C)(C)C)C(=O)NCCN1CCCCC1. The molecule has 3 N–H and O–H groups in total. The topological polar surface area (TPSA) is 90.9 Å². The highest BCUT2D eigenvalue weighted by atomic mass is 16.6. The number of carbonyl (C=O) groups excluding carboxylic acids is 2. The third-order valence-electron chi connectivity index (χ3n) is 5.13. The van der Waals surface area contributed by atoms with Crippen molar-refractivity contribution in [1.82, 2.24) is 15.5 Å². The van der Waals surface area contributed by atoms with Crippen LogP contribution in [-0.4, -0.2) is 65.9 Å². The van der Waals surface area contributed by atoms with E-state index in [0.717, 1.165) is 19.6 Å². The molecule has 1 aliphatic rings. The summed E-state index contributed by atoms with van der Waals surface area (Å²) in [6.07, 6.45) is 2.67. The molecule has 7 heteroatoms. The van der Waals surface area contributed by atoms with Gasteiger partial charge in [-0.15, -0.1) is 0 Å². The molecule has 0 bridgehead atoms. The van der Waals surface area contributed by atoms with Crippen LogP contribution < -0.4 is 10.6 Å². The summed E-state index contributed by atoms with van der Waals surface area (Å²) in [6, 6.07) is -0.503. The van der Waals surface area contributed by atoms with Crippen molar-refractivity contribution >= 4 is 12.0 Å². The predicted octanol–water partition coefficient (Wildman–Crippen LogP) is 2.52. The maximum Gasteiger partial charge on any atom is 0.407 e. The Morgan fingerprint density at radius 3 is 2.25 bits per heavy atom. The van der Waals surface area contributed by atoms with Crippen molar-refractivity contribution in [2.45, 2.75) is 85.0 Å². The van der Waals surface area contributed by atoms with E-state index in [2.05, 4.69) is 15.5 Å². The predicted molar refractivity (Wildman–Crippen MR) is 111 cm³/mol. The Morgan fingerprint density at radius 1 is 1.11 bits per heavy atom. The maximum absolute atomic E-state index is 12.6. The van der Waals surface area contributed by atoms with Crippen LogP contribution >= 0.6 is 0 Å². The number of hydrogen-bond acceptors (Lipinski definition) is 5. The van der Waals surface area contributed by atoms with E-state index in [1.165, 1.54) is 19.3 Å². The molecule has 1 rings (SSSR count). The molecule has 28 heavy (non-hydrogen) atoms. The number of nitrogens with zero attached hydrogens (tertiary/aromatic N) is 1. The number of amides is 2. The Labute approximate surface area is 170 Å². The van der Waals surface area contributed by atoms with Crippen LogP contribution in [0.25, 0.3) is 0 Å². The highest BCUT2D eigenvalue weighted by molar-refractivity contribution is 5.79. The molecule has 0 aromatic carbocycles. The molecule has 0 radical (unpaired) electrons. The molecule has 1 aliphatic heterocycles. The Kier molecular flexibility index (Phi) is 10.2. The highest BCUT2D eigenvalue weighted by Gasteiger charge is 2.29. The average molecular weight is 400 g/mol. The van der Waals surface area contributed by atoms with Crippen molar-refractivity contribution in [3.8, 4) is 0 Å². The fourth-order valence-electron chi connectivity index (χ4n) is 3.39. The van der Waals surface area contributed by atoms with Gasteiger partial charge < -0.3 is 25.4 Å². The molecule has 0 aromatic rings. The number of carbonyl (C=O) groups is 2. The smallest absolute Gasteiger partial charge is 0.407 e. The van der Waals surface area contributed by atoms with E-state index in [1.807, 2.05) is 13.8 Å².